The Balaban J connectivity index is 1.80. The van der Waals surface area contributed by atoms with Crippen LogP contribution >= 0.6 is 0 Å². The third kappa shape index (κ3) is 3.42. The third-order valence-corrected chi connectivity index (χ3v) is 6.86. The Morgan fingerprint density at radius 1 is 1.03 bits per heavy atom. The van der Waals surface area contributed by atoms with E-state index >= 15 is 0 Å². The summed E-state index contributed by atoms with van der Waals surface area (Å²) in [5.41, 5.74) is 5.34. The molecule has 0 radical (unpaired) electrons. The van der Waals surface area contributed by atoms with Gasteiger partial charge in [-0.05, 0) is 57.6 Å². The minimum absolute atomic E-state index is 0.00594. The van der Waals surface area contributed by atoms with Crippen molar-refractivity contribution in [2.45, 2.75) is 78.3 Å². The topological polar surface area (TPSA) is 65.6 Å². The quantitative estimate of drug-likeness (QED) is 0.368. The Labute approximate surface area is 188 Å². The Morgan fingerprint density at radius 2 is 1.81 bits per heavy atom. The Hall–Kier alpha value is -3.02. The van der Waals surface area contributed by atoms with Crippen LogP contribution in [0.15, 0.2) is 40.7 Å². The molecule has 0 aliphatic heterocycles. The largest absolute Gasteiger partial charge is 0.308 e. The second-order valence-corrected chi connectivity index (χ2v) is 8.91. The molecule has 4 aromatic rings. The maximum atomic E-state index is 13.8. The van der Waals surface area contributed by atoms with Gasteiger partial charge in [-0.15, -0.1) is 0 Å². The van der Waals surface area contributed by atoms with E-state index in [0.717, 1.165) is 47.5 Å². The van der Waals surface area contributed by atoms with Gasteiger partial charge in [0.05, 0.1) is 11.0 Å². The van der Waals surface area contributed by atoms with Crippen molar-refractivity contribution >= 4 is 33.2 Å². The molecule has 6 nitrogen and oxygen atoms in total. The first-order valence-corrected chi connectivity index (χ1v) is 12.0. The fourth-order valence-corrected chi connectivity index (χ4v) is 4.90. The van der Waals surface area contributed by atoms with Crippen LogP contribution in [0.5, 0.6) is 0 Å². The van der Waals surface area contributed by atoms with Crippen LogP contribution < -0.4 is 5.56 Å². The predicted molar refractivity (Wildman–Crippen MR) is 130 cm³/mol. The van der Waals surface area contributed by atoms with Crippen LogP contribution in [0.2, 0.25) is 0 Å². The number of hydrogen-bond donors (Lipinski definition) is 0. The Kier molecular flexibility index (Phi) is 5.53. The van der Waals surface area contributed by atoms with Crippen molar-refractivity contribution in [1.82, 2.24) is 24.1 Å². The summed E-state index contributed by atoms with van der Waals surface area (Å²) < 4.78 is 4.01. The molecule has 166 valence electrons. The summed E-state index contributed by atoms with van der Waals surface area (Å²) in [5, 5.41) is 0.605. The van der Waals surface area contributed by atoms with E-state index in [1.165, 1.54) is 31.3 Å². The molecule has 0 N–H and O–H groups in total. The lowest BCUT2D eigenvalue weighted by molar-refractivity contribution is 0.488. The van der Waals surface area contributed by atoms with Crippen LogP contribution in [0.4, 0.5) is 0 Å². The molecule has 3 heterocycles. The van der Waals surface area contributed by atoms with Gasteiger partial charge in [0.15, 0.2) is 11.3 Å². The van der Waals surface area contributed by atoms with Crippen molar-refractivity contribution < 1.29 is 0 Å². The predicted octanol–water partition coefficient (Wildman–Crippen LogP) is 5.72. The van der Waals surface area contributed by atoms with Gasteiger partial charge in [0, 0.05) is 19.0 Å². The molecule has 0 spiro atoms. The average molecular weight is 430 g/mol. The lowest BCUT2D eigenvalue weighted by Gasteiger charge is -2.18. The maximum Gasteiger partial charge on any atom is 0.265 e. The molecule has 0 bridgehead atoms. The van der Waals surface area contributed by atoms with Gasteiger partial charge >= 0.3 is 0 Å². The smallest absolute Gasteiger partial charge is 0.265 e. The van der Waals surface area contributed by atoms with Crippen LogP contribution in [0.3, 0.4) is 0 Å². The summed E-state index contributed by atoms with van der Waals surface area (Å²) in [6.07, 6.45) is 9.83. The van der Waals surface area contributed by atoms with Gasteiger partial charge in [-0.1, -0.05) is 37.6 Å². The van der Waals surface area contributed by atoms with Gasteiger partial charge in [-0.2, -0.15) is 0 Å². The molecule has 0 fully saturated rings. The lowest BCUT2D eigenvalue weighted by Crippen LogP contribution is -2.28. The first-order chi connectivity index (χ1) is 15.6. The second-order valence-electron chi connectivity index (χ2n) is 8.91. The monoisotopic (exact) mass is 429 g/mol. The first-order valence-electron chi connectivity index (χ1n) is 12.0. The van der Waals surface area contributed by atoms with Crippen molar-refractivity contribution in [3.8, 4) is 0 Å². The van der Waals surface area contributed by atoms with Gasteiger partial charge in [0.2, 0.25) is 0 Å². The minimum atomic E-state index is 0.00594. The molecule has 5 rings (SSSR count). The third-order valence-electron chi connectivity index (χ3n) is 6.86. The van der Waals surface area contributed by atoms with E-state index in [-0.39, 0.29) is 11.6 Å². The number of allylic oxidation sites excluding steroid dienone is 2. The summed E-state index contributed by atoms with van der Waals surface area (Å²) in [6, 6.07) is 7.97. The molecule has 1 aromatic carbocycles. The van der Waals surface area contributed by atoms with Crippen molar-refractivity contribution in [2.75, 3.05) is 0 Å². The van der Waals surface area contributed by atoms with Crippen LogP contribution in [0.1, 0.15) is 71.2 Å². The zero-order valence-corrected chi connectivity index (χ0v) is 19.3. The van der Waals surface area contributed by atoms with Crippen molar-refractivity contribution in [2.24, 2.45) is 0 Å². The minimum Gasteiger partial charge on any atom is -0.308 e. The number of rotatable bonds is 6. The highest BCUT2D eigenvalue weighted by Gasteiger charge is 2.23. The van der Waals surface area contributed by atoms with E-state index in [1.807, 2.05) is 28.8 Å². The molecule has 0 unspecified atom stereocenters. The molecule has 1 aliphatic rings. The number of hydrogen-bond acceptors (Lipinski definition) is 4. The molecular formula is C26H31N5O. The van der Waals surface area contributed by atoms with E-state index < -0.39 is 0 Å². The van der Waals surface area contributed by atoms with Gasteiger partial charge in [0.1, 0.15) is 16.7 Å². The molecular weight excluding hydrogens is 398 g/mol. The van der Waals surface area contributed by atoms with Crippen molar-refractivity contribution in [3.63, 3.8) is 0 Å². The highest BCUT2D eigenvalue weighted by Crippen LogP contribution is 2.28. The number of fused-ring (bicyclic) bond motifs is 4. The summed E-state index contributed by atoms with van der Waals surface area (Å²) in [7, 11) is 0. The lowest BCUT2D eigenvalue weighted by atomic mass is 9.97. The molecule has 6 heteroatoms. The highest BCUT2D eigenvalue weighted by molar-refractivity contribution is 6.04. The number of benzene rings is 1. The van der Waals surface area contributed by atoms with E-state index in [9.17, 15) is 4.79 Å². The zero-order chi connectivity index (χ0) is 22.2. The fraction of sp³-hybridized carbons (Fsp3) is 0.462. The van der Waals surface area contributed by atoms with E-state index in [4.69, 9.17) is 15.0 Å². The summed E-state index contributed by atoms with van der Waals surface area (Å²) in [4.78, 5) is 28.7. The Bertz CT molecular complexity index is 1390. The van der Waals surface area contributed by atoms with Crippen molar-refractivity contribution in [1.29, 1.82) is 0 Å². The first kappa shape index (κ1) is 20.9. The summed E-state index contributed by atoms with van der Waals surface area (Å²) >= 11 is 0. The SMILES string of the molecule is CCc1nc2c(c(=O)n1[C@H](C)CC)c1nc3ccccc3nc1n2CCC1=CCCCC1. The van der Waals surface area contributed by atoms with E-state index in [0.29, 0.717) is 17.3 Å². The van der Waals surface area contributed by atoms with Gasteiger partial charge in [-0.3, -0.25) is 9.36 Å². The fourth-order valence-electron chi connectivity index (χ4n) is 4.90. The maximum absolute atomic E-state index is 13.8. The number of aryl methyl sites for hydroxylation is 2. The van der Waals surface area contributed by atoms with Gasteiger partial charge in [0.25, 0.3) is 5.56 Å². The highest BCUT2D eigenvalue weighted by atomic mass is 16.1. The molecule has 3 aromatic heterocycles. The normalized spacial score (nSPS) is 15.5. The molecule has 0 amide bonds. The number of para-hydroxylation sites is 2. The van der Waals surface area contributed by atoms with E-state index in [2.05, 4.69) is 31.4 Å². The average Bonchev–Trinajstić information content (AvgIpc) is 3.13. The van der Waals surface area contributed by atoms with Crippen LogP contribution in [-0.4, -0.2) is 24.1 Å². The molecule has 32 heavy (non-hydrogen) atoms. The van der Waals surface area contributed by atoms with Crippen molar-refractivity contribution in [3.05, 3.63) is 52.1 Å². The second kappa shape index (κ2) is 8.49. The standard InChI is InChI=1S/C26H31N5O/c1-4-17(3)31-21(5-2)29-24-22(26(31)32)23-25(28-20-14-10-9-13-19(20)27-23)30(24)16-15-18-11-7-6-8-12-18/h9-11,13-14,17H,4-8,12,15-16H2,1-3H3/t17-/m1/s1. The van der Waals surface area contributed by atoms with Crippen LogP contribution in [-0.2, 0) is 13.0 Å². The van der Waals surface area contributed by atoms with Gasteiger partial charge < -0.3 is 4.57 Å². The molecule has 0 saturated heterocycles. The number of aromatic nitrogens is 5. The van der Waals surface area contributed by atoms with Gasteiger partial charge in [-0.25, -0.2) is 15.0 Å². The summed E-state index contributed by atoms with van der Waals surface area (Å²) in [6.45, 7) is 7.03. The molecule has 1 aliphatic carbocycles. The summed E-state index contributed by atoms with van der Waals surface area (Å²) in [5.74, 6) is 0.836. The number of nitrogens with zero attached hydrogens (tertiary/aromatic N) is 5. The zero-order valence-electron chi connectivity index (χ0n) is 19.3. The molecule has 0 saturated carbocycles. The Morgan fingerprint density at radius 3 is 2.50 bits per heavy atom. The molecule has 1 atom stereocenters. The van der Waals surface area contributed by atoms with Crippen LogP contribution in [0, 0.1) is 0 Å². The van der Waals surface area contributed by atoms with E-state index in [1.54, 1.807) is 0 Å². The van der Waals surface area contributed by atoms with Crippen LogP contribution in [0.25, 0.3) is 33.2 Å².